The number of oxazole rings is 1. The third-order valence-electron chi connectivity index (χ3n) is 2.35. The van der Waals surface area contributed by atoms with Crippen molar-refractivity contribution in [1.82, 2.24) is 4.98 Å². The van der Waals surface area contributed by atoms with Gasteiger partial charge in [0.15, 0.2) is 15.7 Å². The van der Waals surface area contributed by atoms with Gasteiger partial charge < -0.3 is 10.2 Å². The fourth-order valence-electron chi connectivity index (χ4n) is 1.60. The van der Waals surface area contributed by atoms with E-state index in [0.717, 1.165) is 0 Å². The molecule has 1 fully saturated rings. The minimum atomic E-state index is -2.87. The molecule has 0 bridgehead atoms. The summed E-state index contributed by atoms with van der Waals surface area (Å²) < 4.78 is 27.7. The molecule has 0 aliphatic carbocycles. The summed E-state index contributed by atoms with van der Waals surface area (Å²) in [7, 11) is -2.87. The molecule has 1 aromatic rings. The SMILES string of the molecule is NCc1cnc(C2CCS(=O)(=O)C2)o1. The molecule has 2 rings (SSSR count). The molecule has 5 nitrogen and oxygen atoms in total. The smallest absolute Gasteiger partial charge is 0.198 e. The molecular formula is C8H12N2O3S. The van der Waals surface area contributed by atoms with Crippen LogP contribution in [0, 0.1) is 0 Å². The third kappa shape index (κ3) is 1.80. The number of nitrogens with two attached hydrogens (primary N) is 1. The molecule has 0 radical (unpaired) electrons. The average molecular weight is 216 g/mol. The molecule has 14 heavy (non-hydrogen) atoms. The van der Waals surface area contributed by atoms with Crippen molar-refractivity contribution >= 4 is 9.84 Å². The molecule has 1 aliphatic rings. The largest absolute Gasteiger partial charge is 0.444 e. The number of hydrogen-bond acceptors (Lipinski definition) is 5. The van der Waals surface area contributed by atoms with Crippen LogP contribution in [0.25, 0.3) is 0 Å². The van der Waals surface area contributed by atoms with Gasteiger partial charge in [0.1, 0.15) is 5.76 Å². The molecule has 0 amide bonds. The maximum atomic E-state index is 11.2. The van der Waals surface area contributed by atoms with E-state index in [-0.39, 0.29) is 17.4 Å². The summed E-state index contributed by atoms with van der Waals surface area (Å²) in [5.74, 6) is 1.41. The van der Waals surface area contributed by atoms with Gasteiger partial charge in [-0.05, 0) is 6.42 Å². The van der Waals surface area contributed by atoms with Crippen molar-refractivity contribution in [2.24, 2.45) is 5.73 Å². The van der Waals surface area contributed by atoms with Crippen LogP contribution in [0.5, 0.6) is 0 Å². The lowest BCUT2D eigenvalue weighted by Crippen LogP contribution is -2.03. The second-order valence-corrected chi connectivity index (χ2v) is 5.70. The summed E-state index contributed by atoms with van der Waals surface area (Å²) in [5, 5.41) is 0. The van der Waals surface area contributed by atoms with Crippen LogP contribution >= 0.6 is 0 Å². The Morgan fingerprint density at radius 2 is 2.43 bits per heavy atom. The first-order chi connectivity index (χ1) is 6.61. The Balaban J connectivity index is 2.17. The van der Waals surface area contributed by atoms with Gasteiger partial charge in [0.05, 0.1) is 30.2 Å². The van der Waals surface area contributed by atoms with E-state index in [4.69, 9.17) is 10.2 Å². The maximum Gasteiger partial charge on any atom is 0.198 e. The number of hydrogen-bond donors (Lipinski definition) is 1. The van der Waals surface area contributed by atoms with Crippen molar-refractivity contribution in [2.45, 2.75) is 18.9 Å². The topological polar surface area (TPSA) is 86.2 Å². The zero-order chi connectivity index (χ0) is 10.2. The first-order valence-electron chi connectivity index (χ1n) is 4.46. The van der Waals surface area contributed by atoms with Crippen molar-refractivity contribution in [2.75, 3.05) is 11.5 Å². The maximum absolute atomic E-state index is 11.2. The molecule has 1 atom stereocenters. The van der Waals surface area contributed by atoms with Gasteiger partial charge in [0.2, 0.25) is 0 Å². The van der Waals surface area contributed by atoms with E-state index < -0.39 is 9.84 Å². The predicted octanol–water partition coefficient (Wildman–Crippen LogP) is 0.0354. The highest BCUT2D eigenvalue weighted by Gasteiger charge is 2.32. The van der Waals surface area contributed by atoms with E-state index in [0.29, 0.717) is 24.6 Å². The van der Waals surface area contributed by atoms with Gasteiger partial charge in [-0.15, -0.1) is 0 Å². The minimum absolute atomic E-state index is 0.0831. The molecule has 6 heteroatoms. The number of rotatable bonds is 2. The fraction of sp³-hybridized carbons (Fsp3) is 0.625. The summed E-state index contributed by atoms with van der Waals surface area (Å²) in [5.41, 5.74) is 5.36. The second kappa shape index (κ2) is 3.36. The molecule has 1 aromatic heterocycles. The Labute approximate surface area is 82.2 Å². The molecule has 0 saturated carbocycles. The standard InChI is InChI=1S/C8H12N2O3S/c9-3-7-4-10-8(13-7)6-1-2-14(11,12)5-6/h4,6H,1-3,5,9H2. The zero-order valence-electron chi connectivity index (χ0n) is 7.64. The molecule has 2 heterocycles. The molecule has 1 saturated heterocycles. The Hall–Kier alpha value is -0.880. The Morgan fingerprint density at radius 3 is 2.93 bits per heavy atom. The van der Waals surface area contributed by atoms with Crippen LogP contribution in [0.1, 0.15) is 24.0 Å². The lowest BCUT2D eigenvalue weighted by molar-refractivity contribution is 0.430. The van der Waals surface area contributed by atoms with Crippen LogP contribution in [0.2, 0.25) is 0 Å². The van der Waals surface area contributed by atoms with E-state index in [1.54, 1.807) is 6.20 Å². The van der Waals surface area contributed by atoms with Gasteiger partial charge >= 0.3 is 0 Å². The van der Waals surface area contributed by atoms with Crippen molar-refractivity contribution < 1.29 is 12.8 Å². The van der Waals surface area contributed by atoms with Crippen molar-refractivity contribution in [3.8, 4) is 0 Å². The van der Waals surface area contributed by atoms with E-state index in [9.17, 15) is 8.42 Å². The van der Waals surface area contributed by atoms with E-state index in [2.05, 4.69) is 4.98 Å². The monoisotopic (exact) mass is 216 g/mol. The minimum Gasteiger partial charge on any atom is -0.444 e. The second-order valence-electron chi connectivity index (χ2n) is 3.47. The molecule has 0 spiro atoms. The van der Waals surface area contributed by atoms with Crippen molar-refractivity contribution in [3.63, 3.8) is 0 Å². The Kier molecular flexibility index (Phi) is 2.32. The molecule has 2 N–H and O–H groups in total. The summed E-state index contributed by atoms with van der Waals surface area (Å²) >= 11 is 0. The summed E-state index contributed by atoms with van der Waals surface area (Å²) in [6, 6.07) is 0. The fourth-order valence-corrected chi connectivity index (χ4v) is 3.33. The van der Waals surface area contributed by atoms with Gasteiger partial charge in [-0.25, -0.2) is 13.4 Å². The van der Waals surface area contributed by atoms with Gasteiger partial charge in [-0.1, -0.05) is 0 Å². The lowest BCUT2D eigenvalue weighted by Gasteiger charge is -1.99. The van der Waals surface area contributed by atoms with Crippen LogP contribution in [-0.2, 0) is 16.4 Å². The van der Waals surface area contributed by atoms with Crippen LogP contribution < -0.4 is 5.73 Å². The quantitative estimate of drug-likeness (QED) is 0.754. The van der Waals surface area contributed by atoms with E-state index in [1.165, 1.54) is 0 Å². The van der Waals surface area contributed by atoms with Crippen LogP contribution in [0.15, 0.2) is 10.6 Å². The zero-order valence-corrected chi connectivity index (χ0v) is 8.46. The van der Waals surface area contributed by atoms with Gasteiger partial charge in [0.25, 0.3) is 0 Å². The van der Waals surface area contributed by atoms with Crippen LogP contribution in [0.3, 0.4) is 0 Å². The van der Waals surface area contributed by atoms with Gasteiger partial charge in [-0.2, -0.15) is 0 Å². The molecule has 1 aliphatic heterocycles. The molecule has 1 unspecified atom stereocenters. The number of aromatic nitrogens is 1. The van der Waals surface area contributed by atoms with Crippen molar-refractivity contribution in [3.05, 3.63) is 17.8 Å². The lowest BCUT2D eigenvalue weighted by atomic mass is 10.1. The normalized spacial score (nSPS) is 25.4. The summed E-state index contributed by atoms with van der Waals surface area (Å²) in [6.07, 6.45) is 2.16. The number of sulfone groups is 1. The predicted molar refractivity (Wildman–Crippen MR) is 50.4 cm³/mol. The molecule has 78 valence electrons. The number of nitrogens with zero attached hydrogens (tertiary/aromatic N) is 1. The first-order valence-corrected chi connectivity index (χ1v) is 6.28. The average Bonchev–Trinajstić information content (AvgIpc) is 2.70. The Morgan fingerprint density at radius 1 is 1.64 bits per heavy atom. The highest BCUT2D eigenvalue weighted by Crippen LogP contribution is 2.28. The highest BCUT2D eigenvalue weighted by molar-refractivity contribution is 7.91. The molecule has 0 aromatic carbocycles. The van der Waals surface area contributed by atoms with Crippen molar-refractivity contribution in [1.29, 1.82) is 0 Å². The van der Waals surface area contributed by atoms with E-state index in [1.807, 2.05) is 0 Å². The summed E-state index contributed by atoms with van der Waals surface area (Å²) in [6.45, 7) is 0.298. The van der Waals surface area contributed by atoms with Crippen LogP contribution in [-0.4, -0.2) is 24.9 Å². The summed E-state index contributed by atoms with van der Waals surface area (Å²) in [4.78, 5) is 4.02. The van der Waals surface area contributed by atoms with Gasteiger partial charge in [-0.3, -0.25) is 0 Å². The Bertz CT molecular complexity index is 424. The first kappa shape index (κ1) is 9.67. The molecular weight excluding hydrogens is 204 g/mol. The van der Waals surface area contributed by atoms with Crippen LogP contribution in [0.4, 0.5) is 0 Å². The van der Waals surface area contributed by atoms with E-state index >= 15 is 0 Å². The third-order valence-corrected chi connectivity index (χ3v) is 4.12. The van der Waals surface area contributed by atoms with Gasteiger partial charge in [0, 0.05) is 0 Å². The highest BCUT2D eigenvalue weighted by atomic mass is 32.2.